The topological polar surface area (TPSA) is 98.1 Å². The van der Waals surface area contributed by atoms with Crippen LogP contribution in [0, 0.1) is 13.8 Å². The van der Waals surface area contributed by atoms with Gasteiger partial charge in [-0.1, -0.05) is 6.07 Å². The van der Waals surface area contributed by atoms with Crippen molar-refractivity contribution >= 4 is 17.3 Å². The maximum atomic E-state index is 12.8. The highest BCUT2D eigenvalue weighted by Gasteiger charge is 2.14. The fraction of sp³-hybridized carbons (Fsp3) is 0.154. The number of ether oxygens (including phenoxy) is 1. The molecule has 0 bridgehead atoms. The summed E-state index contributed by atoms with van der Waals surface area (Å²) in [6, 6.07) is 16.4. The Kier molecular flexibility index (Phi) is 6.68. The predicted molar refractivity (Wildman–Crippen MR) is 131 cm³/mol. The van der Waals surface area contributed by atoms with Gasteiger partial charge in [0, 0.05) is 37.2 Å². The van der Waals surface area contributed by atoms with Crippen LogP contribution in [0.3, 0.4) is 0 Å². The minimum atomic E-state index is -0.332. The van der Waals surface area contributed by atoms with Crippen LogP contribution in [0.25, 0.3) is 0 Å². The van der Waals surface area contributed by atoms with E-state index in [9.17, 15) is 9.59 Å². The van der Waals surface area contributed by atoms with Gasteiger partial charge in [-0.05, 0) is 79.1 Å². The Morgan fingerprint density at radius 3 is 2.35 bits per heavy atom. The van der Waals surface area contributed by atoms with E-state index >= 15 is 0 Å². The van der Waals surface area contributed by atoms with Crippen molar-refractivity contribution in [3.63, 3.8) is 0 Å². The van der Waals surface area contributed by atoms with Crippen LogP contribution in [0.4, 0.5) is 11.4 Å². The molecule has 0 fully saturated rings. The highest BCUT2D eigenvalue weighted by Crippen LogP contribution is 2.29. The lowest BCUT2D eigenvalue weighted by atomic mass is 10.1. The third-order valence-corrected chi connectivity index (χ3v) is 5.14. The first-order valence-corrected chi connectivity index (χ1v) is 10.8. The Morgan fingerprint density at radius 2 is 1.68 bits per heavy atom. The van der Waals surface area contributed by atoms with E-state index < -0.39 is 0 Å². The summed E-state index contributed by atoms with van der Waals surface area (Å²) in [4.78, 5) is 29.2. The smallest absolute Gasteiger partial charge is 0.294 e. The van der Waals surface area contributed by atoms with Crippen LogP contribution in [0.5, 0.6) is 11.5 Å². The van der Waals surface area contributed by atoms with Crippen molar-refractivity contribution in [1.29, 1.82) is 0 Å². The molecule has 0 unspecified atom stereocenters. The maximum absolute atomic E-state index is 12.8. The average molecular weight is 456 g/mol. The summed E-state index contributed by atoms with van der Waals surface area (Å²) in [6.07, 6.45) is 4.87. The van der Waals surface area contributed by atoms with Crippen molar-refractivity contribution in [2.75, 3.05) is 5.32 Å². The molecule has 0 radical (unpaired) electrons. The van der Waals surface area contributed by atoms with Crippen LogP contribution in [0.1, 0.15) is 27.0 Å². The molecule has 4 rings (SSSR count). The van der Waals surface area contributed by atoms with E-state index in [1.54, 1.807) is 43.7 Å². The fourth-order valence-electron chi connectivity index (χ4n) is 3.47. The molecule has 0 aliphatic heterocycles. The van der Waals surface area contributed by atoms with Gasteiger partial charge in [-0.3, -0.25) is 14.6 Å². The largest absolute Gasteiger partial charge is 0.453 e. The van der Waals surface area contributed by atoms with E-state index in [0.717, 1.165) is 16.7 Å². The molecule has 0 saturated heterocycles. The van der Waals surface area contributed by atoms with Crippen LogP contribution in [-0.4, -0.2) is 20.7 Å². The van der Waals surface area contributed by atoms with Gasteiger partial charge in [-0.2, -0.15) is 5.10 Å². The molecule has 2 aromatic carbocycles. The van der Waals surface area contributed by atoms with E-state index in [0.29, 0.717) is 29.3 Å². The van der Waals surface area contributed by atoms with Gasteiger partial charge in [0.05, 0.1) is 6.20 Å². The van der Waals surface area contributed by atoms with Crippen LogP contribution in [0.2, 0.25) is 0 Å². The van der Waals surface area contributed by atoms with Gasteiger partial charge in [0.25, 0.3) is 11.5 Å². The molecule has 172 valence electrons. The molecule has 2 heterocycles. The minimum absolute atomic E-state index is 0.193. The summed E-state index contributed by atoms with van der Waals surface area (Å²) in [6.45, 7) is 4.37. The molecular formula is C26H25N5O3. The minimum Gasteiger partial charge on any atom is -0.453 e. The average Bonchev–Trinajstić information content (AvgIpc) is 2.82. The Hall–Kier alpha value is -4.46. The van der Waals surface area contributed by atoms with Crippen molar-refractivity contribution in [1.82, 2.24) is 20.1 Å². The molecule has 8 nitrogen and oxygen atoms in total. The number of anilines is 2. The molecule has 2 aromatic heterocycles. The molecule has 2 N–H and O–H groups in total. The zero-order valence-electron chi connectivity index (χ0n) is 19.2. The lowest BCUT2D eigenvalue weighted by Crippen LogP contribution is -2.23. The number of nitrogens with zero attached hydrogens (tertiary/aromatic N) is 3. The van der Waals surface area contributed by atoms with Crippen LogP contribution >= 0.6 is 0 Å². The van der Waals surface area contributed by atoms with E-state index in [4.69, 9.17) is 4.74 Å². The van der Waals surface area contributed by atoms with Gasteiger partial charge in [0.15, 0.2) is 11.4 Å². The molecule has 4 aromatic rings. The van der Waals surface area contributed by atoms with Gasteiger partial charge in [-0.25, -0.2) is 4.68 Å². The molecule has 0 spiro atoms. The lowest BCUT2D eigenvalue weighted by Gasteiger charge is -2.14. The Bertz CT molecular complexity index is 1350. The number of hydrogen-bond acceptors (Lipinski definition) is 6. The zero-order valence-corrected chi connectivity index (χ0v) is 19.2. The summed E-state index contributed by atoms with van der Waals surface area (Å²) < 4.78 is 7.24. The second kappa shape index (κ2) is 9.99. The van der Waals surface area contributed by atoms with Crippen molar-refractivity contribution in [2.24, 2.45) is 7.05 Å². The quantitative estimate of drug-likeness (QED) is 0.432. The van der Waals surface area contributed by atoms with E-state index in [1.165, 1.54) is 10.9 Å². The fourth-order valence-corrected chi connectivity index (χ4v) is 3.47. The molecule has 0 aliphatic carbocycles. The summed E-state index contributed by atoms with van der Waals surface area (Å²) in [5, 5.41) is 10.1. The van der Waals surface area contributed by atoms with Crippen molar-refractivity contribution in [3.05, 3.63) is 106 Å². The molecule has 0 saturated carbocycles. The van der Waals surface area contributed by atoms with E-state index in [1.807, 2.05) is 44.2 Å². The van der Waals surface area contributed by atoms with E-state index in [-0.39, 0.29) is 17.2 Å². The predicted octanol–water partition coefficient (Wildman–Crippen LogP) is 4.26. The number of nitrogens with one attached hydrogen (secondary N) is 2. The van der Waals surface area contributed by atoms with Gasteiger partial charge < -0.3 is 15.4 Å². The third kappa shape index (κ3) is 5.47. The number of aromatic nitrogens is 3. The number of carbonyl (C=O) groups is 1. The first-order chi connectivity index (χ1) is 16.4. The zero-order chi connectivity index (χ0) is 24.1. The SMILES string of the molecule is Cc1cc(C)cc(Oc2cnn(C)c(=O)c2Nc2ccc(C(=O)NCc3ccncc3)cc2)c1. The Morgan fingerprint density at radius 1 is 1.00 bits per heavy atom. The summed E-state index contributed by atoms with van der Waals surface area (Å²) >= 11 is 0. The first-order valence-electron chi connectivity index (χ1n) is 10.8. The number of rotatable bonds is 7. The van der Waals surface area contributed by atoms with Crippen molar-refractivity contribution < 1.29 is 9.53 Å². The first kappa shape index (κ1) is 22.7. The second-order valence-electron chi connectivity index (χ2n) is 7.98. The lowest BCUT2D eigenvalue weighted by molar-refractivity contribution is 0.0951. The Balaban J connectivity index is 1.51. The van der Waals surface area contributed by atoms with Gasteiger partial charge in [-0.15, -0.1) is 0 Å². The summed E-state index contributed by atoms with van der Waals surface area (Å²) in [5.74, 6) is 0.742. The number of pyridine rings is 1. The number of benzene rings is 2. The molecule has 0 aliphatic rings. The van der Waals surface area contributed by atoms with Gasteiger partial charge in [0.2, 0.25) is 0 Å². The van der Waals surface area contributed by atoms with Crippen molar-refractivity contribution in [2.45, 2.75) is 20.4 Å². The monoisotopic (exact) mass is 455 g/mol. The Labute approximate surface area is 197 Å². The number of carbonyl (C=O) groups excluding carboxylic acids is 1. The standard InChI is InChI=1S/C26H25N5O3/c1-17-12-18(2)14-22(13-17)34-23-16-29-31(3)26(33)24(23)30-21-6-4-20(5-7-21)25(32)28-15-19-8-10-27-11-9-19/h4-14,16,30H,15H2,1-3H3,(H,28,32). The summed E-state index contributed by atoms with van der Waals surface area (Å²) in [5.41, 5.74) is 4.14. The third-order valence-electron chi connectivity index (χ3n) is 5.14. The molecule has 8 heteroatoms. The highest BCUT2D eigenvalue weighted by atomic mass is 16.5. The summed E-state index contributed by atoms with van der Waals surface area (Å²) in [7, 11) is 1.57. The number of amides is 1. The normalized spacial score (nSPS) is 10.6. The molecule has 1 amide bonds. The van der Waals surface area contributed by atoms with Crippen LogP contribution in [0.15, 0.2) is 78.0 Å². The number of aryl methyl sites for hydroxylation is 3. The molecule has 0 atom stereocenters. The van der Waals surface area contributed by atoms with Crippen LogP contribution < -0.4 is 20.9 Å². The van der Waals surface area contributed by atoms with Crippen LogP contribution in [-0.2, 0) is 13.6 Å². The van der Waals surface area contributed by atoms with Crippen molar-refractivity contribution in [3.8, 4) is 11.5 Å². The molecular weight excluding hydrogens is 430 g/mol. The van der Waals surface area contributed by atoms with Gasteiger partial charge >= 0.3 is 0 Å². The molecule has 34 heavy (non-hydrogen) atoms. The highest BCUT2D eigenvalue weighted by molar-refractivity contribution is 5.94. The maximum Gasteiger partial charge on any atom is 0.294 e. The van der Waals surface area contributed by atoms with Gasteiger partial charge in [0.1, 0.15) is 5.75 Å². The second-order valence-corrected chi connectivity index (χ2v) is 7.98. The van der Waals surface area contributed by atoms with E-state index in [2.05, 4.69) is 20.7 Å². The number of hydrogen-bond donors (Lipinski definition) is 2.